The molecule has 0 fully saturated rings. The molecular formula is C23H25N3O7. The Morgan fingerprint density at radius 1 is 1.09 bits per heavy atom. The maximum atomic E-state index is 12.6. The van der Waals surface area contributed by atoms with Crippen LogP contribution < -0.4 is 9.47 Å². The maximum absolute atomic E-state index is 12.6. The minimum Gasteiger partial charge on any atom is -0.493 e. The summed E-state index contributed by atoms with van der Waals surface area (Å²) < 4.78 is 22.1. The molecule has 0 amide bonds. The number of aromatic nitrogens is 2. The predicted molar refractivity (Wildman–Crippen MR) is 118 cm³/mol. The van der Waals surface area contributed by atoms with Gasteiger partial charge in [-0.2, -0.15) is 0 Å². The summed E-state index contributed by atoms with van der Waals surface area (Å²) in [6.45, 7) is 6.37. The van der Waals surface area contributed by atoms with Crippen molar-refractivity contribution < 1.29 is 28.3 Å². The first-order valence-corrected chi connectivity index (χ1v) is 10.4. The standard InChI is InChI=1S/C23H25N3O7/c1-14(2)11-12-31-19-10-7-17(13-20(19)30-4)23(27)32-15(3)21-24-25-22(33-21)16-5-8-18(9-6-16)26(28)29/h5-10,13-15H,11-12H2,1-4H3. The Morgan fingerprint density at radius 2 is 1.82 bits per heavy atom. The van der Waals surface area contributed by atoms with E-state index in [9.17, 15) is 14.9 Å². The summed E-state index contributed by atoms with van der Waals surface area (Å²) in [5.74, 6) is 1.15. The smallest absolute Gasteiger partial charge is 0.339 e. The van der Waals surface area contributed by atoms with Gasteiger partial charge in [0, 0.05) is 17.7 Å². The molecule has 0 bridgehead atoms. The van der Waals surface area contributed by atoms with Crippen LogP contribution in [0.3, 0.4) is 0 Å². The lowest BCUT2D eigenvalue weighted by atomic mass is 10.1. The third kappa shape index (κ3) is 6.06. The van der Waals surface area contributed by atoms with Gasteiger partial charge in [-0.1, -0.05) is 13.8 Å². The van der Waals surface area contributed by atoms with Gasteiger partial charge in [0.15, 0.2) is 17.6 Å². The fourth-order valence-corrected chi connectivity index (χ4v) is 2.84. The van der Waals surface area contributed by atoms with E-state index < -0.39 is 17.0 Å². The second-order valence-electron chi connectivity index (χ2n) is 7.69. The molecule has 1 aromatic heterocycles. The van der Waals surface area contributed by atoms with E-state index in [4.69, 9.17) is 18.6 Å². The molecule has 2 aromatic carbocycles. The number of methoxy groups -OCH3 is 1. The zero-order valence-electron chi connectivity index (χ0n) is 18.8. The summed E-state index contributed by atoms with van der Waals surface area (Å²) in [7, 11) is 1.50. The molecule has 10 nitrogen and oxygen atoms in total. The highest BCUT2D eigenvalue weighted by atomic mass is 16.6. The maximum Gasteiger partial charge on any atom is 0.339 e. The number of hydrogen-bond acceptors (Lipinski definition) is 9. The molecule has 3 rings (SSSR count). The number of non-ortho nitro benzene ring substituents is 1. The molecule has 0 saturated carbocycles. The van der Waals surface area contributed by atoms with Crippen molar-refractivity contribution in [2.24, 2.45) is 5.92 Å². The summed E-state index contributed by atoms with van der Waals surface area (Å²) in [5, 5.41) is 18.6. The second-order valence-corrected chi connectivity index (χ2v) is 7.69. The number of hydrogen-bond donors (Lipinski definition) is 0. The van der Waals surface area contributed by atoms with Crippen molar-refractivity contribution in [1.82, 2.24) is 10.2 Å². The largest absolute Gasteiger partial charge is 0.493 e. The topological polar surface area (TPSA) is 127 Å². The molecule has 1 atom stereocenters. The second kappa shape index (κ2) is 10.6. The van der Waals surface area contributed by atoms with Crippen LogP contribution in [0.2, 0.25) is 0 Å². The van der Waals surface area contributed by atoms with Gasteiger partial charge >= 0.3 is 5.97 Å². The molecule has 33 heavy (non-hydrogen) atoms. The Hall–Kier alpha value is -3.95. The molecule has 0 spiro atoms. The first-order chi connectivity index (χ1) is 15.8. The quantitative estimate of drug-likeness (QED) is 0.236. The summed E-state index contributed by atoms with van der Waals surface area (Å²) in [6, 6.07) is 10.5. The molecule has 10 heteroatoms. The number of carbonyl (C=O) groups excluding carboxylic acids is 1. The fourth-order valence-electron chi connectivity index (χ4n) is 2.84. The lowest BCUT2D eigenvalue weighted by Crippen LogP contribution is -2.10. The molecule has 0 aliphatic rings. The summed E-state index contributed by atoms with van der Waals surface area (Å²) in [5.41, 5.74) is 0.744. The minimum absolute atomic E-state index is 0.0486. The summed E-state index contributed by atoms with van der Waals surface area (Å²) >= 11 is 0. The van der Waals surface area contributed by atoms with Gasteiger partial charge in [-0.15, -0.1) is 10.2 Å². The molecule has 0 N–H and O–H groups in total. The van der Waals surface area contributed by atoms with Gasteiger partial charge < -0.3 is 18.6 Å². The van der Waals surface area contributed by atoms with E-state index in [1.165, 1.54) is 31.4 Å². The van der Waals surface area contributed by atoms with Crippen LogP contribution in [0, 0.1) is 16.0 Å². The fraction of sp³-hybridized carbons (Fsp3) is 0.348. The van der Waals surface area contributed by atoms with E-state index >= 15 is 0 Å². The van der Waals surface area contributed by atoms with Crippen LogP contribution in [0.25, 0.3) is 11.5 Å². The van der Waals surface area contributed by atoms with Gasteiger partial charge in [-0.05, 0) is 49.6 Å². The highest BCUT2D eigenvalue weighted by molar-refractivity contribution is 5.90. The van der Waals surface area contributed by atoms with E-state index in [1.807, 2.05) is 0 Å². The minimum atomic E-state index is -0.815. The van der Waals surface area contributed by atoms with Crippen LogP contribution in [0.1, 0.15) is 49.5 Å². The molecular weight excluding hydrogens is 430 g/mol. The number of benzene rings is 2. The van der Waals surface area contributed by atoms with Crippen molar-refractivity contribution in [3.05, 3.63) is 64.0 Å². The molecule has 1 heterocycles. The first-order valence-electron chi connectivity index (χ1n) is 10.4. The Bertz CT molecular complexity index is 1110. The van der Waals surface area contributed by atoms with Crippen LogP contribution in [0.15, 0.2) is 46.9 Å². The molecule has 0 aliphatic heterocycles. The lowest BCUT2D eigenvalue weighted by Gasteiger charge is -2.14. The Kier molecular flexibility index (Phi) is 7.60. The van der Waals surface area contributed by atoms with Crippen molar-refractivity contribution in [3.63, 3.8) is 0 Å². The summed E-state index contributed by atoms with van der Waals surface area (Å²) in [4.78, 5) is 22.9. The lowest BCUT2D eigenvalue weighted by molar-refractivity contribution is -0.384. The average molecular weight is 455 g/mol. The molecule has 0 aliphatic carbocycles. The molecule has 174 valence electrons. The molecule has 1 unspecified atom stereocenters. The van der Waals surface area contributed by atoms with Crippen molar-refractivity contribution in [2.75, 3.05) is 13.7 Å². The van der Waals surface area contributed by atoms with Crippen LogP contribution in [0.5, 0.6) is 11.5 Å². The number of esters is 1. The highest BCUT2D eigenvalue weighted by Gasteiger charge is 2.21. The highest BCUT2D eigenvalue weighted by Crippen LogP contribution is 2.30. The van der Waals surface area contributed by atoms with Crippen molar-refractivity contribution in [3.8, 4) is 23.0 Å². The number of ether oxygens (including phenoxy) is 3. The average Bonchev–Trinajstić information content (AvgIpc) is 3.29. The number of nitrogens with zero attached hydrogens (tertiary/aromatic N) is 3. The van der Waals surface area contributed by atoms with Crippen LogP contribution in [-0.2, 0) is 4.74 Å². The third-order valence-corrected chi connectivity index (χ3v) is 4.75. The predicted octanol–water partition coefficient (Wildman–Crippen LogP) is 5.00. The molecule has 3 aromatic rings. The van der Waals surface area contributed by atoms with E-state index in [1.54, 1.807) is 25.1 Å². The summed E-state index contributed by atoms with van der Waals surface area (Å²) in [6.07, 6.45) is 0.0843. The van der Waals surface area contributed by atoms with E-state index in [2.05, 4.69) is 24.0 Å². The van der Waals surface area contributed by atoms with Gasteiger partial charge in [-0.25, -0.2) is 4.79 Å². The monoisotopic (exact) mass is 455 g/mol. The van der Waals surface area contributed by atoms with E-state index in [0.717, 1.165) is 6.42 Å². The van der Waals surface area contributed by atoms with Gasteiger partial charge in [0.2, 0.25) is 5.89 Å². The number of rotatable bonds is 10. The van der Waals surface area contributed by atoms with E-state index in [0.29, 0.717) is 29.6 Å². The van der Waals surface area contributed by atoms with Gasteiger partial charge in [-0.3, -0.25) is 10.1 Å². The zero-order chi connectivity index (χ0) is 24.0. The van der Waals surface area contributed by atoms with Gasteiger partial charge in [0.05, 0.1) is 24.2 Å². The third-order valence-electron chi connectivity index (χ3n) is 4.75. The number of carbonyl (C=O) groups is 1. The Balaban J connectivity index is 1.66. The van der Waals surface area contributed by atoms with Crippen molar-refractivity contribution >= 4 is 11.7 Å². The zero-order valence-corrected chi connectivity index (χ0v) is 18.8. The van der Waals surface area contributed by atoms with Crippen LogP contribution >= 0.6 is 0 Å². The van der Waals surface area contributed by atoms with Gasteiger partial charge in [0.1, 0.15) is 0 Å². The normalized spacial score (nSPS) is 11.8. The number of nitro benzene ring substituents is 1. The SMILES string of the molecule is COc1cc(C(=O)OC(C)c2nnc(-c3ccc([N+](=O)[O-])cc3)o2)ccc1OCCC(C)C. The Morgan fingerprint density at radius 3 is 2.45 bits per heavy atom. The Labute approximate surface area is 190 Å². The first kappa shape index (κ1) is 23.7. The number of nitro groups is 1. The van der Waals surface area contributed by atoms with E-state index in [-0.39, 0.29) is 23.0 Å². The van der Waals surface area contributed by atoms with Crippen LogP contribution in [-0.4, -0.2) is 34.8 Å². The molecule has 0 radical (unpaired) electrons. The van der Waals surface area contributed by atoms with Crippen molar-refractivity contribution in [1.29, 1.82) is 0 Å². The van der Waals surface area contributed by atoms with Crippen molar-refractivity contribution in [2.45, 2.75) is 33.3 Å². The van der Waals surface area contributed by atoms with Gasteiger partial charge in [0.25, 0.3) is 11.6 Å². The molecule has 0 saturated heterocycles. The van der Waals surface area contributed by atoms with Crippen LogP contribution in [0.4, 0.5) is 5.69 Å².